The van der Waals surface area contributed by atoms with Crippen molar-refractivity contribution in [1.82, 2.24) is 23.6 Å². The molecule has 4 aromatic rings. The summed E-state index contributed by atoms with van der Waals surface area (Å²) in [7, 11) is 0.901. The van der Waals surface area contributed by atoms with Crippen LogP contribution < -0.4 is 5.56 Å². The highest BCUT2D eigenvalue weighted by Crippen LogP contribution is 2.28. The lowest BCUT2D eigenvalue weighted by atomic mass is 10.1. The number of fused-ring (bicyclic) bond motifs is 4. The van der Waals surface area contributed by atoms with Gasteiger partial charge in [0.15, 0.2) is 0 Å². The first-order valence-corrected chi connectivity index (χ1v) is 10.8. The van der Waals surface area contributed by atoms with Gasteiger partial charge in [0.25, 0.3) is 5.56 Å². The normalized spacial score (nSPS) is 15.9. The predicted molar refractivity (Wildman–Crippen MR) is 111 cm³/mol. The molecule has 1 aliphatic rings. The topological polar surface area (TPSA) is 75.9 Å². The molecule has 0 amide bonds. The third kappa shape index (κ3) is 2.56. The molecule has 7 nitrogen and oxygen atoms in total. The van der Waals surface area contributed by atoms with Crippen molar-refractivity contribution in [3.8, 4) is 0 Å². The summed E-state index contributed by atoms with van der Waals surface area (Å²) in [5.74, 6) is 0. The summed E-state index contributed by atoms with van der Waals surface area (Å²) in [6, 6.07) is 8.05. The molecule has 0 radical (unpaired) electrons. The number of nitrogens with zero attached hydrogens (tertiary/aromatic N) is 4. The first-order chi connectivity index (χ1) is 13.5. The number of benzene rings is 1. The Morgan fingerprint density at radius 3 is 2.89 bits per heavy atom. The van der Waals surface area contributed by atoms with Gasteiger partial charge in [-0.1, -0.05) is 18.2 Å². The van der Waals surface area contributed by atoms with E-state index in [1.165, 1.54) is 4.68 Å². The zero-order chi connectivity index (χ0) is 19.4. The maximum atomic E-state index is 13.2. The van der Waals surface area contributed by atoms with E-state index in [0.717, 1.165) is 46.1 Å². The highest BCUT2D eigenvalue weighted by Gasteiger charge is 2.26. The first-order valence-electron chi connectivity index (χ1n) is 9.24. The molecule has 4 heterocycles. The number of rotatable bonds is 3. The fraction of sp³-hybridized carbons (Fsp3) is 0.300. The molecule has 3 aromatic heterocycles. The molecule has 5 rings (SSSR count). The van der Waals surface area contributed by atoms with Crippen LogP contribution in [0.5, 0.6) is 0 Å². The monoisotopic (exact) mass is 395 g/mol. The van der Waals surface area contributed by atoms with Crippen LogP contribution in [0.2, 0.25) is 0 Å². The fourth-order valence-corrected chi connectivity index (χ4v) is 4.89. The van der Waals surface area contributed by atoms with Crippen molar-refractivity contribution in [2.75, 3.05) is 12.8 Å². The minimum atomic E-state index is -1.02. The van der Waals surface area contributed by atoms with E-state index in [9.17, 15) is 9.00 Å². The van der Waals surface area contributed by atoms with Crippen molar-refractivity contribution in [1.29, 1.82) is 0 Å². The van der Waals surface area contributed by atoms with Crippen molar-refractivity contribution < 1.29 is 4.21 Å². The van der Waals surface area contributed by atoms with E-state index in [0.29, 0.717) is 18.6 Å². The van der Waals surface area contributed by atoms with Crippen LogP contribution in [0.4, 0.5) is 0 Å². The minimum Gasteiger partial charge on any atom is -0.361 e. The van der Waals surface area contributed by atoms with Crippen LogP contribution in [0.1, 0.15) is 16.8 Å². The first kappa shape index (κ1) is 17.4. The van der Waals surface area contributed by atoms with Crippen LogP contribution in [-0.4, -0.2) is 40.6 Å². The van der Waals surface area contributed by atoms with Gasteiger partial charge in [0.2, 0.25) is 0 Å². The molecule has 28 heavy (non-hydrogen) atoms. The summed E-state index contributed by atoms with van der Waals surface area (Å²) in [6.07, 6.45) is 6.22. The lowest BCUT2D eigenvalue weighted by Crippen LogP contribution is -2.32. The van der Waals surface area contributed by atoms with E-state index in [4.69, 9.17) is 0 Å². The Morgan fingerprint density at radius 2 is 2.07 bits per heavy atom. The number of H-pyrrole nitrogens is 1. The molecule has 8 heteroatoms. The van der Waals surface area contributed by atoms with Crippen molar-refractivity contribution in [3.63, 3.8) is 0 Å². The van der Waals surface area contributed by atoms with E-state index in [1.807, 2.05) is 52.6 Å². The molecular weight excluding hydrogens is 374 g/mol. The summed E-state index contributed by atoms with van der Waals surface area (Å²) in [5.41, 5.74) is 4.88. The summed E-state index contributed by atoms with van der Waals surface area (Å²) < 4.78 is 17.3. The van der Waals surface area contributed by atoms with Crippen molar-refractivity contribution >= 4 is 32.8 Å². The van der Waals surface area contributed by atoms with Crippen LogP contribution >= 0.6 is 0 Å². The van der Waals surface area contributed by atoms with Gasteiger partial charge >= 0.3 is 0 Å². The number of nitrogens with one attached hydrogen (secondary N) is 1. The predicted octanol–water partition coefficient (Wildman–Crippen LogP) is 1.92. The standard InChI is InChI=1S/C20H21N5O2S/c1-23-18-12-24(28(2)27)8-7-15(18)16-10-22-25(20(26)19(16)23)11-13-9-21-17-6-4-3-5-14(13)17/h3-6,9-10,21H,7-8,11-12H2,1-2H3. The maximum absolute atomic E-state index is 13.2. The number of hydrogen-bond donors (Lipinski definition) is 1. The third-order valence-electron chi connectivity index (χ3n) is 5.73. The number of aryl methyl sites for hydroxylation is 1. The number of aromatic nitrogens is 4. The van der Waals surface area contributed by atoms with E-state index >= 15 is 0 Å². The van der Waals surface area contributed by atoms with Crippen LogP contribution in [0.15, 0.2) is 41.5 Å². The van der Waals surface area contributed by atoms with Gasteiger partial charge in [-0.15, -0.1) is 0 Å². The molecule has 144 valence electrons. The summed E-state index contributed by atoms with van der Waals surface area (Å²) in [6.45, 7) is 1.74. The second kappa shape index (κ2) is 6.42. The molecule has 1 aromatic carbocycles. The molecule has 0 aliphatic carbocycles. The Bertz CT molecular complexity index is 1300. The molecule has 0 spiro atoms. The van der Waals surface area contributed by atoms with E-state index < -0.39 is 11.0 Å². The maximum Gasteiger partial charge on any atom is 0.291 e. The van der Waals surface area contributed by atoms with E-state index in [2.05, 4.69) is 10.1 Å². The van der Waals surface area contributed by atoms with Gasteiger partial charge in [0.1, 0.15) is 5.52 Å². The quantitative estimate of drug-likeness (QED) is 0.576. The largest absolute Gasteiger partial charge is 0.361 e. The molecule has 0 saturated carbocycles. The van der Waals surface area contributed by atoms with E-state index in [1.54, 1.807) is 6.26 Å². The third-order valence-corrected chi connectivity index (χ3v) is 6.77. The number of para-hydroxylation sites is 1. The average molecular weight is 395 g/mol. The Hall–Kier alpha value is -2.71. The molecule has 1 atom stereocenters. The zero-order valence-corrected chi connectivity index (χ0v) is 16.6. The Labute approximate surface area is 164 Å². The van der Waals surface area contributed by atoms with Gasteiger partial charge in [-0.25, -0.2) is 13.2 Å². The Balaban J connectivity index is 1.61. The smallest absolute Gasteiger partial charge is 0.291 e. The van der Waals surface area contributed by atoms with Gasteiger partial charge in [-0.05, 0) is 23.6 Å². The molecule has 0 bridgehead atoms. The van der Waals surface area contributed by atoms with Crippen molar-refractivity contribution in [2.45, 2.75) is 19.5 Å². The lowest BCUT2D eigenvalue weighted by molar-refractivity contribution is 0.412. The van der Waals surface area contributed by atoms with Crippen LogP contribution in [0.3, 0.4) is 0 Å². The van der Waals surface area contributed by atoms with Crippen LogP contribution in [0.25, 0.3) is 21.8 Å². The number of aromatic amines is 1. The van der Waals surface area contributed by atoms with Crippen LogP contribution in [0, 0.1) is 0 Å². The van der Waals surface area contributed by atoms with Gasteiger partial charge in [-0.2, -0.15) is 5.10 Å². The highest BCUT2D eigenvalue weighted by atomic mass is 32.2. The fourth-order valence-electron chi connectivity index (χ4n) is 4.24. The van der Waals surface area contributed by atoms with Gasteiger partial charge in [0, 0.05) is 48.0 Å². The average Bonchev–Trinajstić information content (AvgIpc) is 3.23. The van der Waals surface area contributed by atoms with Gasteiger partial charge in [-0.3, -0.25) is 4.79 Å². The Kier molecular flexibility index (Phi) is 3.99. The zero-order valence-electron chi connectivity index (χ0n) is 15.8. The molecular formula is C20H21N5O2S. The minimum absolute atomic E-state index is 0.0937. The Morgan fingerprint density at radius 1 is 1.25 bits per heavy atom. The van der Waals surface area contributed by atoms with Gasteiger partial charge < -0.3 is 9.55 Å². The van der Waals surface area contributed by atoms with Crippen molar-refractivity contribution in [2.24, 2.45) is 7.05 Å². The molecule has 0 saturated heterocycles. The molecule has 1 N–H and O–H groups in total. The lowest BCUT2D eigenvalue weighted by Gasteiger charge is -2.25. The second-order valence-electron chi connectivity index (χ2n) is 7.25. The molecule has 0 fully saturated rings. The number of hydrogen-bond acceptors (Lipinski definition) is 3. The van der Waals surface area contributed by atoms with Crippen LogP contribution in [-0.2, 0) is 37.5 Å². The van der Waals surface area contributed by atoms with E-state index in [-0.39, 0.29) is 5.56 Å². The van der Waals surface area contributed by atoms with Crippen molar-refractivity contribution in [3.05, 3.63) is 63.8 Å². The van der Waals surface area contributed by atoms with Gasteiger partial charge in [0.05, 0.1) is 30.3 Å². The molecule has 1 aliphatic heterocycles. The highest BCUT2D eigenvalue weighted by molar-refractivity contribution is 7.81. The second-order valence-corrected chi connectivity index (χ2v) is 8.61. The summed E-state index contributed by atoms with van der Waals surface area (Å²) in [5, 5.41) is 6.48. The molecule has 1 unspecified atom stereocenters. The summed E-state index contributed by atoms with van der Waals surface area (Å²) >= 11 is 0. The SMILES string of the molecule is Cn1c2c(c3cnn(Cc4c[nH]c5ccccc45)c(=O)c31)CCN(S(C)=O)C2. The summed E-state index contributed by atoms with van der Waals surface area (Å²) in [4.78, 5) is 16.5.